The van der Waals surface area contributed by atoms with Crippen molar-refractivity contribution in [3.63, 3.8) is 0 Å². The van der Waals surface area contributed by atoms with E-state index >= 15 is 0 Å². The van der Waals surface area contributed by atoms with Crippen LogP contribution in [-0.4, -0.2) is 11.7 Å². The molecule has 4 heteroatoms. The molecule has 1 aliphatic rings. The number of para-hydroxylation sites is 1. The highest BCUT2D eigenvalue weighted by molar-refractivity contribution is 6.09. The first kappa shape index (κ1) is 11.5. The summed E-state index contributed by atoms with van der Waals surface area (Å²) in [6.07, 6.45) is 0.664. The molecule has 0 radical (unpaired) electrons. The molecule has 1 amide bonds. The molecule has 0 bridgehead atoms. The Balaban J connectivity index is 1.74. The Morgan fingerprint density at radius 2 is 1.84 bits per heavy atom. The zero-order valence-electron chi connectivity index (χ0n) is 10.3. The molecule has 0 unspecified atom stereocenters. The van der Waals surface area contributed by atoms with Gasteiger partial charge < -0.3 is 11.1 Å². The molecule has 4 nitrogen and oxygen atoms in total. The quantitative estimate of drug-likeness (QED) is 0.763. The van der Waals surface area contributed by atoms with Crippen LogP contribution in [0.3, 0.4) is 0 Å². The number of fused-ring (bicyclic) bond motifs is 1. The normalized spacial score (nSPS) is 12.7. The molecular weight excluding hydrogens is 238 g/mol. The number of nitrogens with zero attached hydrogens (tertiary/aromatic N) is 1. The highest BCUT2D eigenvalue weighted by Crippen LogP contribution is 2.25. The lowest BCUT2D eigenvalue weighted by molar-refractivity contribution is 0.0976. The van der Waals surface area contributed by atoms with Crippen LogP contribution in [0.25, 0.3) is 0 Å². The van der Waals surface area contributed by atoms with Crippen LogP contribution in [-0.2, 0) is 6.42 Å². The Labute approximate surface area is 111 Å². The third-order valence-electron chi connectivity index (χ3n) is 3.04. The van der Waals surface area contributed by atoms with E-state index in [9.17, 15) is 4.79 Å². The van der Waals surface area contributed by atoms with Crippen LogP contribution in [0.5, 0.6) is 0 Å². The predicted octanol–water partition coefficient (Wildman–Crippen LogP) is 2.28. The number of benzene rings is 2. The Morgan fingerprint density at radius 1 is 1.11 bits per heavy atom. The summed E-state index contributed by atoms with van der Waals surface area (Å²) >= 11 is 0. The van der Waals surface area contributed by atoms with E-state index in [0.29, 0.717) is 23.5 Å². The van der Waals surface area contributed by atoms with E-state index in [1.807, 2.05) is 24.3 Å². The number of hydrogen-bond acceptors (Lipinski definition) is 3. The third-order valence-corrected chi connectivity index (χ3v) is 3.04. The summed E-state index contributed by atoms with van der Waals surface area (Å²) in [6, 6.07) is 14.7. The molecular formula is C15H13N3O. The lowest BCUT2D eigenvalue weighted by Crippen LogP contribution is -2.30. The fourth-order valence-electron chi connectivity index (χ4n) is 2.04. The zero-order chi connectivity index (χ0) is 13.2. The van der Waals surface area contributed by atoms with E-state index in [2.05, 4.69) is 10.3 Å². The second-order valence-corrected chi connectivity index (χ2v) is 4.44. The zero-order valence-corrected chi connectivity index (χ0v) is 10.3. The van der Waals surface area contributed by atoms with Crippen molar-refractivity contribution in [1.82, 2.24) is 5.32 Å². The van der Waals surface area contributed by atoms with Crippen molar-refractivity contribution in [1.29, 1.82) is 0 Å². The van der Waals surface area contributed by atoms with E-state index in [-0.39, 0.29) is 5.91 Å². The fourth-order valence-corrected chi connectivity index (χ4v) is 2.04. The average Bonchev–Trinajstić information content (AvgIpc) is 2.81. The van der Waals surface area contributed by atoms with E-state index in [0.717, 1.165) is 11.3 Å². The van der Waals surface area contributed by atoms with Crippen LogP contribution in [0.4, 0.5) is 11.4 Å². The first-order valence-electron chi connectivity index (χ1n) is 6.05. The molecule has 19 heavy (non-hydrogen) atoms. The van der Waals surface area contributed by atoms with Gasteiger partial charge in [-0.1, -0.05) is 18.2 Å². The minimum Gasteiger partial charge on any atom is -0.399 e. The van der Waals surface area contributed by atoms with Crippen LogP contribution in [0.1, 0.15) is 15.9 Å². The first-order chi connectivity index (χ1) is 9.22. The van der Waals surface area contributed by atoms with E-state index in [1.165, 1.54) is 0 Å². The van der Waals surface area contributed by atoms with Crippen LogP contribution in [0.15, 0.2) is 53.5 Å². The topological polar surface area (TPSA) is 67.5 Å². The van der Waals surface area contributed by atoms with Gasteiger partial charge in [0.15, 0.2) is 0 Å². The number of nitrogens with two attached hydrogens (primary N) is 1. The van der Waals surface area contributed by atoms with Gasteiger partial charge in [0.1, 0.15) is 5.84 Å². The number of rotatable bonds is 1. The van der Waals surface area contributed by atoms with Gasteiger partial charge >= 0.3 is 0 Å². The summed E-state index contributed by atoms with van der Waals surface area (Å²) in [5.41, 5.74) is 8.87. The van der Waals surface area contributed by atoms with Crippen LogP contribution < -0.4 is 11.1 Å². The molecule has 2 aromatic carbocycles. The number of amidine groups is 1. The summed E-state index contributed by atoms with van der Waals surface area (Å²) in [7, 11) is 0. The third kappa shape index (κ3) is 2.33. The summed E-state index contributed by atoms with van der Waals surface area (Å²) < 4.78 is 0. The molecule has 3 N–H and O–H groups in total. The monoisotopic (exact) mass is 251 g/mol. The summed E-state index contributed by atoms with van der Waals surface area (Å²) in [5.74, 6) is 0.523. The maximum atomic E-state index is 12.0. The SMILES string of the molecule is Nc1ccc(C(=O)NC2=Nc3ccccc3C2)cc1. The standard InChI is InChI=1S/C15H13N3O/c16-12-7-5-10(6-8-12)15(19)18-14-9-11-3-1-2-4-13(11)17-14/h1-8H,9,16H2,(H,17,18,19). The van der Waals surface area contributed by atoms with Crippen LogP contribution in [0.2, 0.25) is 0 Å². The molecule has 0 fully saturated rings. The summed E-state index contributed by atoms with van der Waals surface area (Å²) in [5, 5.41) is 2.83. The molecule has 0 aliphatic carbocycles. The van der Waals surface area contributed by atoms with Gasteiger partial charge in [-0.3, -0.25) is 4.79 Å². The van der Waals surface area contributed by atoms with Crippen molar-refractivity contribution >= 4 is 23.1 Å². The van der Waals surface area contributed by atoms with Crippen molar-refractivity contribution in [3.05, 3.63) is 59.7 Å². The minimum absolute atomic E-state index is 0.161. The Morgan fingerprint density at radius 3 is 2.58 bits per heavy atom. The Kier molecular flexibility index (Phi) is 2.76. The second kappa shape index (κ2) is 4.57. The first-order valence-corrected chi connectivity index (χ1v) is 6.05. The van der Waals surface area contributed by atoms with Crippen molar-refractivity contribution in [2.45, 2.75) is 6.42 Å². The lowest BCUT2D eigenvalue weighted by Gasteiger charge is -2.04. The lowest BCUT2D eigenvalue weighted by atomic mass is 10.1. The van der Waals surface area contributed by atoms with Crippen LogP contribution >= 0.6 is 0 Å². The molecule has 1 heterocycles. The molecule has 0 saturated carbocycles. The van der Waals surface area contributed by atoms with Gasteiger partial charge in [0.2, 0.25) is 0 Å². The smallest absolute Gasteiger partial charge is 0.256 e. The van der Waals surface area contributed by atoms with E-state index in [4.69, 9.17) is 5.73 Å². The highest BCUT2D eigenvalue weighted by atomic mass is 16.1. The molecule has 0 spiro atoms. The van der Waals surface area contributed by atoms with Crippen LogP contribution in [0, 0.1) is 0 Å². The molecule has 94 valence electrons. The van der Waals surface area contributed by atoms with E-state index < -0.39 is 0 Å². The summed E-state index contributed by atoms with van der Waals surface area (Å²) in [4.78, 5) is 16.4. The minimum atomic E-state index is -0.161. The van der Waals surface area contributed by atoms with Gasteiger partial charge in [0.25, 0.3) is 5.91 Å². The van der Waals surface area contributed by atoms with E-state index in [1.54, 1.807) is 24.3 Å². The van der Waals surface area contributed by atoms with Crippen molar-refractivity contribution in [2.75, 3.05) is 5.73 Å². The van der Waals surface area contributed by atoms with Gasteiger partial charge in [-0.25, -0.2) is 4.99 Å². The van der Waals surface area contributed by atoms with Gasteiger partial charge in [-0.2, -0.15) is 0 Å². The Hall–Kier alpha value is -2.62. The molecule has 0 saturated heterocycles. The maximum absolute atomic E-state index is 12.0. The predicted molar refractivity (Wildman–Crippen MR) is 75.6 cm³/mol. The molecule has 1 aliphatic heterocycles. The molecule has 3 rings (SSSR count). The molecule has 0 atom stereocenters. The van der Waals surface area contributed by atoms with Gasteiger partial charge in [-0.15, -0.1) is 0 Å². The maximum Gasteiger partial charge on any atom is 0.256 e. The number of nitrogens with one attached hydrogen (secondary N) is 1. The number of amides is 1. The van der Waals surface area contributed by atoms with Crippen molar-refractivity contribution < 1.29 is 4.79 Å². The van der Waals surface area contributed by atoms with Crippen molar-refractivity contribution in [3.8, 4) is 0 Å². The number of nitrogen functional groups attached to an aromatic ring is 1. The Bertz CT molecular complexity index is 659. The number of carbonyl (C=O) groups is 1. The number of carbonyl (C=O) groups excluding carboxylic acids is 1. The van der Waals surface area contributed by atoms with Gasteiger partial charge in [0.05, 0.1) is 5.69 Å². The second-order valence-electron chi connectivity index (χ2n) is 4.44. The van der Waals surface area contributed by atoms with Gasteiger partial charge in [0, 0.05) is 17.7 Å². The molecule has 2 aromatic rings. The highest BCUT2D eigenvalue weighted by Gasteiger charge is 2.16. The average molecular weight is 251 g/mol. The number of hydrogen-bond donors (Lipinski definition) is 2. The van der Waals surface area contributed by atoms with Crippen molar-refractivity contribution in [2.24, 2.45) is 4.99 Å². The fraction of sp³-hybridized carbons (Fsp3) is 0.0667. The summed E-state index contributed by atoms with van der Waals surface area (Å²) in [6.45, 7) is 0. The number of anilines is 1. The molecule has 0 aromatic heterocycles. The van der Waals surface area contributed by atoms with Gasteiger partial charge in [-0.05, 0) is 35.9 Å². The number of aliphatic imine (C=N–C) groups is 1. The largest absolute Gasteiger partial charge is 0.399 e.